The van der Waals surface area contributed by atoms with Crippen LogP contribution in [0.5, 0.6) is 0 Å². The van der Waals surface area contributed by atoms with E-state index < -0.39 is 28.8 Å². The molecule has 2 heterocycles. The molecule has 33 heavy (non-hydrogen) atoms. The molecule has 5 nitrogen and oxygen atoms in total. The Kier molecular flexibility index (Phi) is 7.06. The van der Waals surface area contributed by atoms with Crippen LogP contribution < -0.4 is 4.90 Å². The van der Waals surface area contributed by atoms with Crippen LogP contribution in [0.3, 0.4) is 0 Å². The van der Waals surface area contributed by atoms with Gasteiger partial charge in [0.25, 0.3) is 0 Å². The number of hydrogen-bond acceptors (Lipinski definition) is 5. The second-order valence-corrected chi connectivity index (χ2v) is 9.78. The highest BCUT2D eigenvalue weighted by atomic mass is 32.2. The van der Waals surface area contributed by atoms with E-state index in [0.29, 0.717) is 17.4 Å². The van der Waals surface area contributed by atoms with Crippen LogP contribution >= 0.6 is 24.0 Å². The molecule has 2 aromatic carbocycles. The van der Waals surface area contributed by atoms with E-state index in [0.717, 1.165) is 48.4 Å². The number of alkyl halides is 3. The summed E-state index contributed by atoms with van der Waals surface area (Å²) in [6, 6.07) is 14.5. The summed E-state index contributed by atoms with van der Waals surface area (Å²) in [4.78, 5) is 30.5. The molecule has 0 unspecified atom stereocenters. The minimum absolute atomic E-state index is 0.0663. The molecule has 0 spiro atoms. The van der Waals surface area contributed by atoms with Crippen LogP contribution in [0.25, 0.3) is 0 Å². The molecule has 2 aromatic rings. The van der Waals surface area contributed by atoms with Crippen molar-refractivity contribution in [3.05, 3.63) is 65.7 Å². The minimum Gasteiger partial charge on any atom is -0.355 e. The number of imide groups is 1. The number of benzene rings is 2. The lowest BCUT2D eigenvalue weighted by Gasteiger charge is -2.36. The lowest BCUT2D eigenvalue weighted by molar-refractivity contribution is -0.137. The van der Waals surface area contributed by atoms with E-state index in [4.69, 9.17) is 12.2 Å². The molecule has 2 fully saturated rings. The number of rotatable bonds is 4. The van der Waals surface area contributed by atoms with Gasteiger partial charge in [0.05, 0.1) is 11.3 Å². The van der Waals surface area contributed by atoms with Gasteiger partial charge in [-0.2, -0.15) is 13.2 Å². The van der Waals surface area contributed by atoms with Gasteiger partial charge in [-0.15, -0.1) is 0 Å². The zero-order valence-electron chi connectivity index (χ0n) is 17.6. The number of thioether (sulfide) groups is 1. The van der Waals surface area contributed by atoms with Crippen molar-refractivity contribution in [3.8, 4) is 0 Å². The second kappa shape index (κ2) is 9.82. The molecular weight excluding hydrogens is 471 g/mol. The largest absolute Gasteiger partial charge is 0.416 e. The highest BCUT2D eigenvalue weighted by molar-refractivity contribution is 8.23. The molecule has 2 amide bonds. The van der Waals surface area contributed by atoms with Gasteiger partial charge in [0.2, 0.25) is 11.8 Å². The van der Waals surface area contributed by atoms with Gasteiger partial charge in [0.1, 0.15) is 9.57 Å². The summed E-state index contributed by atoms with van der Waals surface area (Å²) in [7, 11) is 0. The quantitative estimate of drug-likeness (QED) is 0.471. The zero-order valence-corrected chi connectivity index (χ0v) is 19.3. The Bertz CT molecular complexity index is 1040. The van der Waals surface area contributed by atoms with Crippen molar-refractivity contribution < 1.29 is 22.8 Å². The Morgan fingerprint density at radius 2 is 1.70 bits per heavy atom. The standard InChI is InChI=1S/C23H22F3N3O2S2/c24-23(25,26)17-7-4-8-18(13-17)29-20(30)14-19(21(29)31)33-22(32)28-11-9-27(10-12-28)15-16-5-2-1-3-6-16/h1-8,13,19H,9-12,14-15H2/t19-/m1/s1. The van der Waals surface area contributed by atoms with Crippen LogP contribution in [-0.4, -0.2) is 57.4 Å². The lowest BCUT2D eigenvalue weighted by atomic mass is 10.2. The molecular formula is C23H22F3N3O2S2. The molecule has 0 aromatic heterocycles. The molecule has 4 rings (SSSR count). The van der Waals surface area contributed by atoms with Crippen molar-refractivity contribution in [1.82, 2.24) is 9.80 Å². The normalized spacial score (nSPS) is 19.9. The molecule has 0 N–H and O–H groups in total. The van der Waals surface area contributed by atoms with Crippen LogP contribution in [0.15, 0.2) is 54.6 Å². The Labute approximate surface area is 199 Å². The SMILES string of the molecule is O=C1C[C@@H](SC(=S)N2CCN(Cc3ccccc3)CC2)C(=O)N1c1cccc(C(F)(F)F)c1. The number of carbonyl (C=O) groups is 2. The number of halogens is 3. The fourth-order valence-electron chi connectivity index (χ4n) is 3.92. The molecule has 2 aliphatic heterocycles. The number of amides is 2. The maximum atomic E-state index is 13.0. The summed E-state index contributed by atoms with van der Waals surface area (Å²) < 4.78 is 39.6. The predicted molar refractivity (Wildman–Crippen MR) is 126 cm³/mol. The maximum Gasteiger partial charge on any atom is 0.416 e. The smallest absolute Gasteiger partial charge is 0.355 e. The average molecular weight is 494 g/mol. The van der Waals surface area contributed by atoms with E-state index in [2.05, 4.69) is 17.0 Å². The molecule has 0 aliphatic carbocycles. The zero-order chi connectivity index (χ0) is 23.6. The summed E-state index contributed by atoms with van der Waals surface area (Å²) in [5, 5.41) is -0.734. The van der Waals surface area contributed by atoms with Crippen molar-refractivity contribution in [2.24, 2.45) is 0 Å². The van der Waals surface area contributed by atoms with Crippen molar-refractivity contribution >= 4 is 45.8 Å². The first kappa shape index (κ1) is 23.7. The van der Waals surface area contributed by atoms with Crippen LogP contribution in [0.4, 0.5) is 18.9 Å². The van der Waals surface area contributed by atoms with Crippen molar-refractivity contribution in [1.29, 1.82) is 0 Å². The number of piperazine rings is 1. The average Bonchev–Trinajstić information content (AvgIpc) is 3.07. The Balaban J connectivity index is 1.34. The minimum atomic E-state index is -4.56. The van der Waals surface area contributed by atoms with Gasteiger partial charge < -0.3 is 4.90 Å². The van der Waals surface area contributed by atoms with E-state index in [9.17, 15) is 22.8 Å². The molecule has 2 saturated heterocycles. The third-order valence-electron chi connectivity index (χ3n) is 5.66. The van der Waals surface area contributed by atoms with Crippen molar-refractivity contribution in [2.75, 3.05) is 31.1 Å². The molecule has 174 valence electrons. The Hall–Kier alpha value is -2.43. The molecule has 0 bridgehead atoms. The van der Waals surface area contributed by atoms with Gasteiger partial charge in [-0.05, 0) is 23.8 Å². The van der Waals surface area contributed by atoms with E-state index in [1.54, 1.807) is 0 Å². The van der Waals surface area contributed by atoms with Crippen molar-refractivity contribution in [2.45, 2.75) is 24.4 Å². The number of hydrogen-bond donors (Lipinski definition) is 0. The van der Waals surface area contributed by atoms with Crippen LogP contribution in [0.2, 0.25) is 0 Å². The maximum absolute atomic E-state index is 13.0. The van der Waals surface area contributed by atoms with Gasteiger partial charge in [-0.25, -0.2) is 4.90 Å². The lowest BCUT2D eigenvalue weighted by Crippen LogP contribution is -2.47. The molecule has 1 atom stereocenters. The van der Waals surface area contributed by atoms with E-state index in [1.165, 1.54) is 17.7 Å². The first-order chi connectivity index (χ1) is 15.7. The summed E-state index contributed by atoms with van der Waals surface area (Å²) in [5.41, 5.74) is 0.275. The first-order valence-electron chi connectivity index (χ1n) is 10.5. The monoisotopic (exact) mass is 493 g/mol. The van der Waals surface area contributed by atoms with Crippen LogP contribution in [0, 0.1) is 0 Å². The number of thiocarbonyl (C=S) groups is 1. The van der Waals surface area contributed by atoms with Gasteiger partial charge in [0.15, 0.2) is 0 Å². The summed E-state index contributed by atoms with van der Waals surface area (Å²) in [6.07, 6.45) is -4.64. The Morgan fingerprint density at radius 1 is 1.00 bits per heavy atom. The summed E-state index contributed by atoms with van der Waals surface area (Å²) in [6.45, 7) is 3.93. The molecule has 0 saturated carbocycles. The molecule has 2 aliphatic rings. The van der Waals surface area contributed by atoms with Gasteiger partial charge in [-0.1, -0.05) is 60.4 Å². The van der Waals surface area contributed by atoms with E-state index in [1.807, 2.05) is 23.1 Å². The first-order valence-corrected chi connectivity index (χ1v) is 11.8. The topological polar surface area (TPSA) is 43.9 Å². The van der Waals surface area contributed by atoms with E-state index in [-0.39, 0.29) is 12.1 Å². The third kappa shape index (κ3) is 5.56. The Morgan fingerprint density at radius 3 is 2.36 bits per heavy atom. The van der Waals surface area contributed by atoms with Crippen LogP contribution in [-0.2, 0) is 22.3 Å². The second-order valence-electron chi connectivity index (χ2n) is 7.94. The molecule has 10 heteroatoms. The number of anilines is 1. The van der Waals surface area contributed by atoms with Gasteiger partial charge >= 0.3 is 6.18 Å². The fraction of sp³-hybridized carbons (Fsp3) is 0.348. The number of carbonyl (C=O) groups excluding carboxylic acids is 2. The van der Waals surface area contributed by atoms with Gasteiger partial charge in [0, 0.05) is 39.1 Å². The summed E-state index contributed by atoms with van der Waals surface area (Å²) in [5.74, 6) is -1.05. The van der Waals surface area contributed by atoms with Crippen LogP contribution in [0.1, 0.15) is 17.5 Å². The number of nitrogens with zero attached hydrogens (tertiary/aromatic N) is 3. The van der Waals surface area contributed by atoms with Gasteiger partial charge in [-0.3, -0.25) is 14.5 Å². The third-order valence-corrected chi connectivity index (χ3v) is 7.32. The predicted octanol–water partition coefficient (Wildman–Crippen LogP) is 4.17. The molecule has 0 radical (unpaired) electrons. The fourth-order valence-corrected chi connectivity index (χ4v) is 5.45. The van der Waals surface area contributed by atoms with E-state index >= 15 is 0 Å². The summed E-state index contributed by atoms with van der Waals surface area (Å²) >= 11 is 6.68. The highest BCUT2D eigenvalue weighted by Crippen LogP contribution is 2.35. The van der Waals surface area contributed by atoms with Crippen molar-refractivity contribution in [3.63, 3.8) is 0 Å². The highest BCUT2D eigenvalue weighted by Gasteiger charge is 2.42.